The van der Waals surface area contributed by atoms with Crippen LogP contribution in [0, 0.1) is 0 Å². The Morgan fingerprint density at radius 2 is 1.57 bits per heavy atom. The Morgan fingerprint density at radius 1 is 0.929 bits per heavy atom. The van der Waals surface area contributed by atoms with Crippen LogP contribution in [0.4, 0.5) is 24.7 Å². The molecule has 4 rings (SSSR count). The van der Waals surface area contributed by atoms with Crippen molar-refractivity contribution in [2.75, 3.05) is 11.9 Å². The summed E-state index contributed by atoms with van der Waals surface area (Å²) < 4.78 is 42.0. The molecule has 0 atom stereocenters. The van der Waals surface area contributed by atoms with Crippen LogP contribution < -0.4 is 4.90 Å². The third kappa shape index (κ3) is 3.40. The number of hydrogen-bond donors (Lipinski definition) is 0. The van der Waals surface area contributed by atoms with Crippen LogP contribution >= 0.6 is 0 Å². The number of imidazole rings is 1. The molecule has 0 saturated heterocycles. The number of alkyl halides is 3. The molecule has 0 radical (unpaired) electrons. The molecule has 0 fully saturated rings. The molecule has 2 heterocycles. The molecule has 0 amide bonds. The van der Waals surface area contributed by atoms with Gasteiger partial charge < -0.3 is 9.47 Å². The minimum absolute atomic E-state index is 0.107. The number of aromatic nitrogens is 4. The van der Waals surface area contributed by atoms with Crippen molar-refractivity contribution in [2.45, 2.75) is 12.7 Å². The summed E-state index contributed by atoms with van der Waals surface area (Å²) in [5, 5.41) is 0. The molecule has 0 bridgehead atoms. The van der Waals surface area contributed by atoms with Gasteiger partial charge in [-0.1, -0.05) is 48.5 Å². The SMILES string of the molecule is CN(c1ccccc1)c1nc(C(F)(F)F)nc2c1ncn2Cc1ccccc1. The Bertz CT molecular complexity index is 1090. The van der Waals surface area contributed by atoms with Crippen molar-refractivity contribution in [1.29, 1.82) is 0 Å². The Labute approximate surface area is 159 Å². The lowest BCUT2D eigenvalue weighted by Gasteiger charge is -2.19. The molecule has 8 heteroatoms. The normalized spacial score (nSPS) is 11.7. The highest BCUT2D eigenvalue weighted by Crippen LogP contribution is 2.33. The van der Waals surface area contributed by atoms with Crippen LogP contribution in [-0.2, 0) is 12.7 Å². The molecular formula is C20H16F3N5. The number of fused-ring (bicyclic) bond motifs is 1. The van der Waals surface area contributed by atoms with Crippen LogP contribution in [0.25, 0.3) is 11.2 Å². The van der Waals surface area contributed by atoms with E-state index < -0.39 is 12.0 Å². The summed E-state index contributed by atoms with van der Waals surface area (Å²) in [6.07, 6.45) is -3.17. The van der Waals surface area contributed by atoms with E-state index in [9.17, 15) is 13.2 Å². The van der Waals surface area contributed by atoms with Gasteiger partial charge in [0.15, 0.2) is 17.0 Å². The van der Waals surface area contributed by atoms with Crippen LogP contribution in [0.15, 0.2) is 67.0 Å². The van der Waals surface area contributed by atoms with Gasteiger partial charge in [0.25, 0.3) is 0 Å². The zero-order valence-electron chi connectivity index (χ0n) is 14.9. The first kappa shape index (κ1) is 18.0. The predicted octanol–water partition coefficient (Wildman–Crippen LogP) is 4.66. The van der Waals surface area contributed by atoms with E-state index in [-0.39, 0.29) is 11.5 Å². The summed E-state index contributed by atoms with van der Waals surface area (Å²) in [5.41, 5.74) is 2.10. The summed E-state index contributed by atoms with van der Waals surface area (Å²) in [4.78, 5) is 13.5. The minimum atomic E-state index is -4.66. The van der Waals surface area contributed by atoms with Gasteiger partial charge in [0.2, 0.25) is 5.82 Å². The Hall–Kier alpha value is -3.42. The molecule has 2 aromatic carbocycles. The second kappa shape index (κ2) is 6.95. The molecule has 4 aromatic rings. The third-order valence-corrected chi connectivity index (χ3v) is 4.36. The van der Waals surface area contributed by atoms with Crippen molar-refractivity contribution >= 4 is 22.7 Å². The lowest BCUT2D eigenvalue weighted by Crippen LogP contribution is -2.18. The van der Waals surface area contributed by atoms with E-state index in [1.165, 1.54) is 6.33 Å². The molecule has 142 valence electrons. The summed E-state index contributed by atoms with van der Waals surface area (Å²) in [6, 6.07) is 18.5. The van der Waals surface area contributed by atoms with Gasteiger partial charge in [0.05, 0.1) is 12.9 Å². The van der Waals surface area contributed by atoms with E-state index in [1.807, 2.05) is 48.5 Å². The number of rotatable bonds is 4. The fourth-order valence-electron chi connectivity index (χ4n) is 2.96. The van der Waals surface area contributed by atoms with Gasteiger partial charge in [-0.3, -0.25) is 0 Å². The van der Waals surface area contributed by atoms with E-state index in [0.717, 1.165) is 5.56 Å². The second-order valence-electron chi connectivity index (χ2n) is 6.29. The van der Waals surface area contributed by atoms with E-state index in [1.54, 1.807) is 28.6 Å². The average molecular weight is 383 g/mol. The van der Waals surface area contributed by atoms with Crippen LogP contribution in [0.1, 0.15) is 11.4 Å². The van der Waals surface area contributed by atoms with E-state index in [2.05, 4.69) is 15.0 Å². The topological polar surface area (TPSA) is 46.8 Å². The van der Waals surface area contributed by atoms with Gasteiger partial charge in [-0.05, 0) is 17.7 Å². The second-order valence-corrected chi connectivity index (χ2v) is 6.29. The Balaban J connectivity index is 1.87. The highest BCUT2D eigenvalue weighted by atomic mass is 19.4. The highest BCUT2D eigenvalue weighted by Gasteiger charge is 2.36. The van der Waals surface area contributed by atoms with Crippen molar-refractivity contribution < 1.29 is 13.2 Å². The van der Waals surface area contributed by atoms with Crippen molar-refractivity contribution in [3.8, 4) is 0 Å². The molecule has 5 nitrogen and oxygen atoms in total. The summed E-state index contributed by atoms with van der Waals surface area (Å²) in [6.45, 7) is 0.361. The maximum Gasteiger partial charge on any atom is 0.451 e. The molecule has 0 unspecified atom stereocenters. The van der Waals surface area contributed by atoms with E-state index in [0.29, 0.717) is 17.7 Å². The fourth-order valence-corrected chi connectivity index (χ4v) is 2.96. The Kier molecular flexibility index (Phi) is 4.46. The van der Waals surface area contributed by atoms with Crippen LogP contribution in [0.2, 0.25) is 0 Å². The predicted molar refractivity (Wildman–Crippen MR) is 100 cm³/mol. The van der Waals surface area contributed by atoms with Gasteiger partial charge in [-0.2, -0.15) is 13.2 Å². The standard InChI is InChI=1S/C20H16F3N5/c1-27(15-10-6-3-7-11-15)17-16-18(26-19(25-17)20(21,22)23)28(13-24-16)12-14-8-4-2-5-9-14/h2-11,13H,12H2,1H3. The minimum Gasteiger partial charge on any atom is -0.328 e. The number of benzene rings is 2. The third-order valence-electron chi connectivity index (χ3n) is 4.36. The quantitative estimate of drug-likeness (QED) is 0.514. The zero-order chi connectivity index (χ0) is 19.7. The van der Waals surface area contributed by atoms with Crippen LogP contribution in [0.3, 0.4) is 0 Å². The van der Waals surface area contributed by atoms with Gasteiger partial charge in [0, 0.05) is 12.7 Å². The monoisotopic (exact) mass is 383 g/mol. The van der Waals surface area contributed by atoms with Crippen molar-refractivity contribution in [1.82, 2.24) is 19.5 Å². The van der Waals surface area contributed by atoms with Gasteiger partial charge in [-0.15, -0.1) is 0 Å². The van der Waals surface area contributed by atoms with Gasteiger partial charge >= 0.3 is 6.18 Å². The number of anilines is 2. The van der Waals surface area contributed by atoms with Gasteiger partial charge in [0.1, 0.15) is 0 Å². The molecule has 0 aliphatic rings. The number of nitrogens with zero attached hydrogens (tertiary/aromatic N) is 5. The molecule has 28 heavy (non-hydrogen) atoms. The maximum absolute atomic E-state index is 13.5. The molecule has 0 spiro atoms. The summed E-state index contributed by atoms with van der Waals surface area (Å²) in [7, 11) is 1.66. The van der Waals surface area contributed by atoms with Crippen LogP contribution in [0.5, 0.6) is 0 Å². The van der Waals surface area contributed by atoms with Gasteiger partial charge in [-0.25, -0.2) is 15.0 Å². The summed E-state index contributed by atoms with van der Waals surface area (Å²) >= 11 is 0. The molecule has 0 N–H and O–H groups in total. The van der Waals surface area contributed by atoms with E-state index >= 15 is 0 Å². The molecule has 0 aliphatic carbocycles. The first-order valence-electron chi connectivity index (χ1n) is 8.56. The maximum atomic E-state index is 13.5. The van der Waals surface area contributed by atoms with Crippen LogP contribution in [-0.4, -0.2) is 26.6 Å². The van der Waals surface area contributed by atoms with Crippen molar-refractivity contribution in [2.24, 2.45) is 0 Å². The largest absolute Gasteiger partial charge is 0.451 e. The summed E-state index contributed by atoms with van der Waals surface area (Å²) in [5.74, 6) is -1.08. The number of para-hydroxylation sites is 1. The zero-order valence-corrected chi connectivity index (χ0v) is 14.9. The first-order chi connectivity index (χ1) is 13.4. The van der Waals surface area contributed by atoms with E-state index in [4.69, 9.17) is 0 Å². The smallest absolute Gasteiger partial charge is 0.328 e. The fraction of sp³-hybridized carbons (Fsp3) is 0.150. The lowest BCUT2D eigenvalue weighted by atomic mass is 10.2. The molecule has 0 aliphatic heterocycles. The van der Waals surface area contributed by atoms with Crippen molar-refractivity contribution in [3.05, 3.63) is 78.4 Å². The Morgan fingerprint density at radius 3 is 2.21 bits per heavy atom. The lowest BCUT2D eigenvalue weighted by molar-refractivity contribution is -0.144. The average Bonchev–Trinajstić information content (AvgIpc) is 3.10. The highest BCUT2D eigenvalue weighted by molar-refractivity contribution is 5.86. The van der Waals surface area contributed by atoms with Crippen molar-refractivity contribution in [3.63, 3.8) is 0 Å². The number of halogens is 3. The first-order valence-corrected chi connectivity index (χ1v) is 8.56. The molecular weight excluding hydrogens is 367 g/mol. The number of hydrogen-bond acceptors (Lipinski definition) is 4. The molecule has 2 aromatic heterocycles. The molecule has 0 saturated carbocycles.